The van der Waals surface area contributed by atoms with Crippen molar-refractivity contribution in [1.29, 1.82) is 0 Å². The molecule has 0 bridgehead atoms. The van der Waals surface area contributed by atoms with Gasteiger partial charge in [0.2, 0.25) is 0 Å². The second-order valence-electron chi connectivity index (χ2n) is 13.2. The van der Waals surface area contributed by atoms with Crippen LogP contribution in [0.1, 0.15) is 22.3 Å². The van der Waals surface area contributed by atoms with Gasteiger partial charge >= 0.3 is 0 Å². The summed E-state index contributed by atoms with van der Waals surface area (Å²) in [4.78, 5) is 2.37. The topological polar surface area (TPSA) is 16.4 Å². The Balaban J connectivity index is 1.21. The van der Waals surface area contributed by atoms with E-state index < -0.39 is 5.41 Å². The fourth-order valence-electron chi connectivity index (χ4n) is 8.91. The molecule has 1 heterocycles. The summed E-state index contributed by atoms with van der Waals surface area (Å²) in [7, 11) is 0. The number of hydrogen-bond acceptors (Lipinski definition) is 2. The Bertz CT molecular complexity index is 2730. The van der Waals surface area contributed by atoms with Crippen molar-refractivity contribution < 1.29 is 4.42 Å². The van der Waals surface area contributed by atoms with Crippen LogP contribution in [0.4, 0.5) is 17.1 Å². The summed E-state index contributed by atoms with van der Waals surface area (Å²) in [5, 5.41) is 4.55. The molecule has 2 aliphatic rings. The van der Waals surface area contributed by atoms with Crippen LogP contribution in [0.15, 0.2) is 180 Å². The Morgan fingerprint density at radius 3 is 1.65 bits per heavy atom. The predicted octanol–water partition coefficient (Wildman–Crippen LogP) is 12.6. The van der Waals surface area contributed by atoms with Crippen LogP contribution in [0.3, 0.4) is 0 Å². The van der Waals surface area contributed by atoms with E-state index in [1.807, 2.05) is 0 Å². The molecule has 1 aromatic heterocycles. The fraction of sp³-hybridized carbons (Fsp3) is 0.0213. The minimum absolute atomic E-state index is 0.415. The summed E-state index contributed by atoms with van der Waals surface area (Å²) in [5.41, 5.74) is 15.1. The van der Waals surface area contributed by atoms with Crippen LogP contribution >= 0.6 is 0 Å². The van der Waals surface area contributed by atoms with Gasteiger partial charge in [-0.3, -0.25) is 0 Å². The second kappa shape index (κ2) is 9.82. The first-order valence-electron chi connectivity index (χ1n) is 16.9. The maximum absolute atomic E-state index is 6.91. The van der Waals surface area contributed by atoms with Crippen molar-refractivity contribution in [1.82, 2.24) is 0 Å². The van der Waals surface area contributed by atoms with E-state index in [0.29, 0.717) is 0 Å². The van der Waals surface area contributed by atoms with Gasteiger partial charge in [0.15, 0.2) is 5.58 Å². The zero-order chi connectivity index (χ0) is 32.1. The molecule has 0 saturated heterocycles. The van der Waals surface area contributed by atoms with Crippen molar-refractivity contribution in [3.8, 4) is 22.3 Å². The van der Waals surface area contributed by atoms with E-state index in [1.165, 1.54) is 49.9 Å². The molecule has 0 saturated carbocycles. The van der Waals surface area contributed by atoms with Crippen LogP contribution in [0.5, 0.6) is 0 Å². The minimum Gasteiger partial charge on any atom is -0.453 e. The summed E-state index contributed by atoms with van der Waals surface area (Å²) < 4.78 is 6.91. The molecule has 0 amide bonds. The van der Waals surface area contributed by atoms with Crippen molar-refractivity contribution in [3.05, 3.63) is 198 Å². The fourth-order valence-corrected chi connectivity index (χ4v) is 8.91. The lowest BCUT2D eigenvalue weighted by molar-refractivity contribution is 0.673. The van der Waals surface area contributed by atoms with Crippen molar-refractivity contribution in [2.24, 2.45) is 0 Å². The molecule has 2 aliphatic carbocycles. The lowest BCUT2D eigenvalue weighted by Crippen LogP contribution is -2.26. The average molecular weight is 624 g/mol. The highest BCUT2D eigenvalue weighted by molar-refractivity contribution is 6.17. The molecule has 0 unspecified atom stereocenters. The van der Waals surface area contributed by atoms with Gasteiger partial charge in [0.1, 0.15) is 5.58 Å². The molecule has 0 N–H and O–H groups in total. The Morgan fingerprint density at radius 2 is 0.939 bits per heavy atom. The molecule has 9 aromatic rings. The van der Waals surface area contributed by atoms with Crippen LogP contribution in [0.2, 0.25) is 0 Å². The van der Waals surface area contributed by atoms with E-state index in [-0.39, 0.29) is 0 Å². The number of nitrogens with zero attached hydrogens (tertiary/aromatic N) is 1. The van der Waals surface area contributed by atoms with Crippen LogP contribution in [0.25, 0.3) is 55.0 Å². The van der Waals surface area contributed by atoms with Gasteiger partial charge in [0.25, 0.3) is 0 Å². The molecule has 0 atom stereocenters. The molecule has 1 spiro atoms. The van der Waals surface area contributed by atoms with E-state index >= 15 is 0 Å². The zero-order valence-corrected chi connectivity index (χ0v) is 26.6. The highest BCUT2D eigenvalue weighted by Gasteiger charge is 2.51. The van der Waals surface area contributed by atoms with Crippen LogP contribution in [-0.2, 0) is 5.41 Å². The number of hydrogen-bond donors (Lipinski definition) is 0. The van der Waals surface area contributed by atoms with Crippen LogP contribution in [-0.4, -0.2) is 0 Å². The van der Waals surface area contributed by atoms with E-state index in [1.54, 1.807) is 0 Å². The summed E-state index contributed by atoms with van der Waals surface area (Å²) in [6.45, 7) is 0. The lowest BCUT2D eigenvalue weighted by atomic mass is 9.70. The van der Waals surface area contributed by atoms with Crippen LogP contribution < -0.4 is 4.90 Å². The highest BCUT2D eigenvalue weighted by Crippen LogP contribution is 2.63. The third kappa shape index (κ3) is 3.45. The smallest absolute Gasteiger partial charge is 0.159 e. The number of furan rings is 1. The number of fused-ring (bicyclic) bond motifs is 15. The van der Waals surface area contributed by atoms with E-state index in [2.05, 4.69) is 181 Å². The second-order valence-corrected chi connectivity index (χ2v) is 13.2. The van der Waals surface area contributed by atoms with Crippen molar-refractivity contribution in [2.75, 3.05) is 4.90 Å². The third-order valence-electron chi connectivity index (χ3n) is 10.9. The van der Waals surface area contributed by atoms with Gasteiger partial charge in [-0.05, 0) is 86.3 Å². The van der Waals surface area contributed by atoms with E-state index in [4.69, 9.17) is 4.42 Å². The minimum atomic E-state index is -0.415. The molecular weight excluding hydrogens is 595 g/mol. The van der Waals surface area contributed by atoms with Gasteiger partial charge in [-0.15, -0.1) is 0 Å². The molecule has 0 aliphatic heterocycles. The first kappa shape index (κ1) is 26.7. The number of para-hydroxylation sites is 2. The van der Waals surface area contributed by atoms with Crippen molar-refractivity contribution in [2.45, 2.75) is 5.41 Å². The average Bonchev–Trinajstić information content (AvgIpc) is 3.80. The first-order valence-corrected chi connectivity index (χ1v) is 16.9. The largest absolute Gasteiger partial charge is 0.453 e. The molecule has 11 rings (SSSR count). The molecule has 0 fully saturated rings. The van der Waals surface area contributed by atoms with Crippen molar-refractivity contribution in [3.63, 3.8) is 0 Å². The maximum atomic E-state index is 6.91. The molecule has 2 heteroatoms. The Morgan fingerprint density at radius 1 is 0.367 bits per heavy atom. The zero-order valence-electron chi connectivity index (χ0n) is 26.6. The van der Waals surface area contributed by atoms with Gasteiger partial charge in [0.05, 0.1) is 11.1 Å². The number of anilines is 3. The van der Waals surface area contributed by atoms with E-state index in [9.17, 15) is 0 Å². The molecule has 228 valence electrons. The quantitative estimate of drug-likeness (QED) is 0.195. The predicted molar refractivity (Wildman–Crippen MR) is 202 cm³/mol. The third-order valence-corrected chi connectivity index (χ3v) is 10.9. The SMILES string of the molecule is c1ccc(N(c2ccc3c(c2)C2(c4ccccc4-c4ccccc42)c2ccccc2-3)c2cccc3c2oc2c4ccccc4ccc32)cc1. The number of rotatable bonds is 3. The van der Waals surface area contributed by atoms with Crippen molar-refractivity contribution >= 4 is 49.8 Å². The van der Waals surface area contributed by atoms with Gasteiger partial charge in [0, 0.05) is 27.5 Å². The standard InChI is InChI=1S/C47H29NO/c1-2-14-31(15-3-1)48(44-24-12-20-38-39-27-25-30-13-4-5-16-33(30)45(39)49-46(38)44)32-26-28-37-36-19-8-11-23-42(36)47(43(37)29-32)40-21-9-6-17-34(40)35-18-7-10-22-41(35)47/h1-29H. The number of benzene rings is 8. The van der Waals surface area contributed by atoms with Crippen LogP contribution in [0, 0.1) is 0 Å². The molecule has 2 nitrogen and oxygen atoms in total. The van der Waals surface area contributed by atoms with Gasteiger partial charge < -0.3 is 9.32 Å². The highest BCUT2D eigenvalue weighted by atomic mass is 16.3. The summed E-state index contributed by atoms with van der Waals surface area (Å²) in [5.74, 6) is 0. The van der Waals surface area contributed by atoms with E-state index in [0.717, 1.165) is 44.4 Å². The monoisotopic (exact) mass is 623 g/mol. The molecule has 0 radical (unpaired) electrons. The van der Waals surface area contributed by atoms with Gasteiger partial charge in [-0.1, -0.05) is 140 Å². The Hall–Kier alpha value is -6.38. The summed E-state index contributed by atoms with van der Waals surface area (Å²) in [6.07, 6.45) is 0. The first-order chi connectivity index (χ1) is 24.3. The van der Waals surface area contributed by atoms with Gasteiger partial charge in [-0.2, -0.15) is 0 Å². The lowest BCUT2D eigenvalue weighted by Gasteiger charge is -2.32. The molecule has 49 heavy (non-hydrogen) atoms. The summed E-state index contributed by atoms with van der Waals surface area (Å²) >= 11 is 0. The van der Waals surface area contributed by atoms with Gasteiger partial charge in [-0.25, -0.2) is 0 Å². The molecule has 8 aromatic carbocycles. The normalized spacial score (nSPS) is 13.5. The maximum Gasteiger partial charge on any atom is 0.159 e. The summed E-state index contributed by atoms with van der Waals surface area (Å²) in [6, 6.07) is 64.1. The molecular formula is C47H29NO. The Kier molecular flexibility index (Phi) is 5.34. The Labute approximate surface area is 284 Å².